The fourth-order valence-electron chi connectivity index (χ4n) is 1.79. The molecule has 1 aromatic carbocycles. The molecule has 1 unspecified atom stereocenters. The van der Waals surface area contributed by atoms with E-state index in [9.17, 15) is 0 Å². The van der Waals surface area contributed by atoms with Crippen LogP contribution in [0.25, 0.3) is 0 Å². The van der Waals surface area contributed by atoms with Crippen molar-refractivity contribution in [3.8, 4) is 5.75 Å². The number of aromatic amines is 1. The van der Waals surface area contributed by atoms with Crippen LogP contribution in [0.5, 0.6) is 5.75 Å². The lowest BCUT2D eigenvalue weighted by atomic mass is 10.0. The summed E-state index contributed by atoms with van der Waals surface area (Å²) in [5.41, 5.74) is 7.29. The maximum atomic E-state index is 6.08. The molecule has 2 aromatic rings. The lowest BCUT2D eigenvalue weighted by molar-refractivity contribution is 0.414. The van der Waals surface area contributed by atoms with Gasteiger partial charge in [-0.05, 0) is 24.1 Å². The van der Waals surface area contributed by atoms with E-state index in [1.807, 2.05) is 30.5 Å². The number of hydrogen-bond donors (Lipinski definition) is 2. The minimum atomic E-state index is 0.0783. The van der Waals surface area contributed by atoms with Crippen LogP contribution in [0.2, 0.25) is 0 Å². The highest BCUT2D eigenvalue weighted by molar-refractivity contribution is 5.27. The van der Waals surface area contributed by atoms with Gasteiger partial charge in [-0.25, -0.2) is 4.98 Å². The first kappa shape index (κ1) is 11.7. The second-order valence-electron chi connectivity index (χ2n) is 4.05. The minimum absolute atomic E-state index is 0.0783. The van der Waals surface area contributed by atoms with Crippen molar-refractivity contribution in [1.82, 2.24) is 9.97 Å². The average molecular weight is 231 g/mol. The maximum Gasteiger partial charge on any atom is 0.118 e. The number of H-pyrrole nitrogens is 1. The van der Waals surface area contributed by atoms with Gasteiger partial charge in [0, 0.05) is 24.9 Å². The summed E-state index contributed by atoms with van der Waals surface area (Å²) >= 11 is 0. The molecular formula is C13H17N3O. The van der Waals surface area contributed by atoms with Gasteiger partial charge in [-0.3, -0.25) is 0 Å². The number of hydrogen-bond acceptors (Lipinski definition) is 3. The van der Waals surface area contributed by atoms with Crippen molar-refractivity contribution in [2.24, 2.45) is 5.73 Å². The van der Waals surface area contributed by atoms with Gasteiger partial charge in [0.05, 0.1) is 7.11 Å². The molecule has 4 heteroatoms. The zero-order valence-corrected chi connectivity index (χ0v) is 9.89. The Labute approximate surface area is 101 Å². The van der Waals surface area contributed by atoms with Crippen LogP contribution in [-0.4, -0.2) is 23.1 Å². The first-order chi connectivity index (χ1) is 8.28. The van der Waals surface area contributed by atoms with Gasteiger partial charge >= 0.3 is 0 Å². The SMILES string of the molecule is COc1ccc(CC(N)Cc2ncc[nH]2)cc1. The Balaban J connectivity index is 1.91. The molecule has 0 fully saturated rings. The normalized spacial score (nSPS) is 12.4. The van der Waals surface area contributed by atoms with E-state index >= 15 is 0 Å². The maximum absolute atomic E-state index is 6.08. The second-order valence-corrected chi connectivity index (χ2v) is 4.05. The van der Waals surface area contributed by atoms with Gasteiger partial charge in [-0.15, -0.1) is 0 Å². The molecule has 0 aliphatic heterocycles. The molecule has 1 heterocycles. The van der Waals surface area contributed by atoms with E-state index in [1.54, 1.807) is 13.3 Å². The standard InChI is InChI=1S/C13H17N3O/c1-17-12-4-2-10(3-5-12)8-11(14)9-13-15-6-7-16-13/h2-7,11H,8-9,14H2,1H3,(H,15,16). The highest BCUT2D eigenvalue weighted by atomic mass is 16.5. The fourth-order valence-corrected chi connectivity index (χ4v) is 1.79. The number of rotatable bonds is 5. The van der Waals surface area contributed by atoms with Gasteiger partial charge in [0.25, 0.3) is 0 Å². The van der Waals surface area contributed by atoms with Gasteiger partial charge in [-0.2, -0.15) is 0 Å². The second kappa shape index (κ2) is 5.50. The van der Waals surface area contributed by atoms with Crippen molar-refractivity contribution in [3.63, 3.8) is 0 Å². The molecular weight excluding hydrogens is 214 g/mol. The molecule has 0 aliphatic rings. The predicted octanol–water partition coefficient (Wildman–Crippen LogP) is 1.53. The van der Waals surface area contributed by atoms with Crippen molar-refractivity contribution in [1.29, 1.82) is 0 Å². The first-order valence-corrected chi connectivity index (χ1v) is 5.64. The fraction of sp³-hybridized carbons (Fsp3) is 0.308. The number of nitrogens with zero attached hydrogens (tertiary/aromatic N) is 1. The molecule has 0 spiro atoms. The Morgan fingerprint density at radius 2 is 2.06 bits per heavy atom. The van der Waals surface area contributed by atoms with Crippen LogP contribution in [0.15, 0.2) is 36.7 Å². The molecule has 0 bridgehead atoms. The molecule has 0 amide bonds. The number of nitrogens with two attached hydrogens (primary N) is 1. The van der Waals surface area contributed by atoms with Crippen LogP contribution in [-0.2, 0) is 12.8 Å². The minimum Gasteiger partial charge on any atom is -0.497 e. The smallest absolute Gasteiger partial charge is 0.118 e. The van der Waals surface area contributed by atoms with E-state index in [0.717, 1.165) is 24.4 Å². The topological polar surface area (TPSA) is 63.9 Å². The van der Waals surface area contributed by atoms with E-state index in [2.05, 4.69) is 9.97 Å². The van der Waals surface area contributed by atoms with E-state index < -0.39 is 0 Å². The Kier molecular flexibility index (Phi) is 3.77. The summed E-state index contributed by atoms with van der Waals surface area (Å²) in [5, 5.41) is 0. The number of benzene rings is 1. The van der Waals surface area contributed by atoms with Crippen LogP contribution in [0.1, 0.15) is 11.4 Å². The van der Waals surface area contributed by atoms with Crippen LogP contribution in [0.3, 0.4) is 0 Å². The van der Waals surface area contributed by atoms with E-state index in [0.29, 0.717) is 0 Å². The van der Waals surface area contributed by atoms with Gasteiger partial charge in [0.2, 0.25) is 0 Å². The third-order valence-corrected chi connectivity index (χ3v) is 2.67. The van der Waals surface area contributed by atoms with Crippen LogP contribution in [0, 0.1) is 0 Å². The molecule has 1 atom stereocenters. The summed E-state index contributed by atoms with van der Waals surface area (Å²) in [4.78, 5) is 7.23. The Morgan fingerprint density at radius 1 is 1.29 bits per heavy atom. The van der Waals surface area contributed by atoms with E-state index in [1.165, 1.54) is 5.56 Å². The van der Waals surface area contributed by atoms with Gasteiger partial charge in [-0.1, -0.05) is 12.1 Å². The predicted molar refractivity (Wildman–Crippen MR) is 67.0 cm³/mol. The Morgan fingerprint density at radius 3 is 2.65 bits per heavy atom. The molecule has 0 saturated heterocycles. The van der Waals surface area contributed by atoms with Crippen LogP contribution < -0.4 is 10.5 Å². The van der Waals surface area contributed by atoms with E-state index in [4.69, 9.17) is 10.5 Å². The number of nitrogens with one attached hydrogen (secondary N) is 1. The Hall–Kier alpha value is -1.81. The third kappa shape index (κ3) is 3.32. The van der Waals surface area contributed by atoms with Crippen molar-refractivity contribution >= 4 is 0 Å². The summed E-state index contributed by atoms with van der Waals surface area (Å²) in [7, 11) is 1.66. The average Bonchev–Trinajstić information content (AvgIpc) is 2.82. The van der Waals surface area contributed by atoms with Gasteiger partial charge in [0.1, 0.15) is 11.6 Å². The van der Waals surface area contributed by atoms with E-state index in [-0.39, 0.29) is 6.04 Å². The zero-order valence-electron chi connectivity index (χ0n) is 9.89. The summed E-state index contributed by atoms with van der Waals surface area (Å²) < 4.78 is 5.11. The highest BCUT2D eigenvalue weighted by Gasteiger charge is 2.07. The largest absolute Gasteiger partial charge is 0.497 e. The zero-order chi connectivity index (χ0) is 12.1. The highest BCUT2D eigenvalue weighted by Crippen LogP contribution is 2.13. The van der Waals surface area contributed by atoms with Crippen LogP contribution >= 0.6 is 0 Å². The molecule has 1 aromatic heterocycles. The summed E-state index contributed by atoms with van der Waals surface area (Å²) in [5.74, 6) is 1.80. The Bertz CT molecular complexity index is 436. The monoisotopic (exact) mass is 231 g/mol. The number of ether oxygens (including phenoxy) is 1. The number of aromatic nitrogens is 2. The van der Waals surface area contributed by atoms with Gasteiger partial charge < -0.3 is 15.5 Å². The molecule has 17 heavy (non-hydrogen) atoms. The first-order valence-electron chi connectivity index (χ1n) is 5.64. The molecule has 2 rings (SSSR count). The third-order valence-electron chi connectivity index (χ3n) is 2.67. The molecule has 0 radical (unpaired) electrons. The quantitative estimate of drug-likeness (QED) is 0.820. The summed E-state index contributed by atoms with van der Waals surface area (Å²) in [6.07, 6.45) is 5.16. The summed E-state index contributed by atoms with van der Waals surface area (Å²) in [6.45, 7) is 0. The number of methoxy groups -OCH3 is 1. The summed E-state index contributed by atoms with van der Waals surface area (Å²) in [6, 6.07) is 8.07. The van der Waals surface area contributed by atoms with Crippen molar-refractivity contribution in [3.05, 3.63) is 48.0 Å². The molecule has 0 aliphatic carbocycles. The van der Waals surface area contributed by atoms with Crippen LogP contribution in [0.4, 0.5) is 0 Å². The molecule has 3 N–H and O–H groups in total. The molecule has 4 nitrogen and oxygen atoms in total. The lowest BCUT2D eigenvalue weighted by Crippen LogP contribution is -2.26. The van der Waals surface area contributed by atoms with Crippen molar-refractivity contribution in [2.75, 3.05) is 7.11 Å². The van der Waals surface area contributed by atoms with Crippen molar-refractivity contribution in [2.45, 2.75) is 18.9 Å². The molecule has 0 saturated carbocycles. The lowest BCUT2D eigenvalue weighted by Gasteiger charge is -2.10. The van der Waals surface area contributed by atoms with Crippen molar-refractivity contribution < 1.29 is 4.74 Å². The molecule has 90 valence electrons. The number of imidazole rings is 1. The van der Waals surface area contributed by atoms with Gasteiger partial charge in [0.15, 0.2) is 0 Å².